The van der Waals surface area contributed by atoms with Crippen LogP contribution >= 0.6 is 0 Å². The highest BCUT2D eigenvalue weighted by Gasteiger charge is 2.37. The first kappa shape index (κ1) is 23.5. The molecule has 8 nitrogen and oxygen atoms in total. The number of hydrogen-bond acceptors (Lipinski definition) is 6. The summed E-state index contributed by atoms with van der Waals surface area (Å²) in [5.41, 5.74) is 3.18. The van der Waals surface area contributed by atoms with Gasteiger partial charge in [-0.25, -0.2) is 13.4 Å². The first-order valence-electron chi connectivity index (χ1n) is 11.4. The number of carbonyl (C=O) groups is 1. The second-order valence-electron chi connectivity index (χ2n) is 8.42. The van der Waals surface area contributed by atoms with Crippen LogP contribution in [0.3, 0.4) is 0 Å². The number of ether oxygens (including phenoxy) is 1. The van der Waals surface area contributed by atoms with E-state index >= 15 is 0 Å². The number of hydrogen-bond donors (Lipinski definition) is 1. The molecule has 0 bridgehead atoms. The number of carboxylic acids is 1. The fraction of sp³-hybridized carbons (Fsp3) is 0.148. The molecule has 0 spiro atoms. The van der Waals surface area contributed by atoms with Crippen molar-refractivity contribution in [3.8, 4) is 22.8 Å². The van der Waals surface area contributed by atoms with Gasteiger partial charge in [0.1, 0.15) is 5.75 Å². The third-order valence-electron chi connectivity index (χ3n) is 6.10. The maximum absolute atomic E-state index is 13.7. The van der Waals surface area contributed by atoms with Gasteiger partial charge in [-0.2, -0.15) is 0 Å². The summed E-state index contributed by atoms with van der Waals surface area (Å²) in [6, 6.07) is 20.8. The fourth-order valence-corrected chi connectivity index (χ4v) is 5.86. The predicted octanol–water partition coefficient (Wildman–Crippen LogP) is 5.09. The maximum atomic E-state index is 13.7. The van der Waals surface area contributed by atoms with E-state index in [0.29, 0.717) is 23.7 Å². The van der Waals surface area contributed by atoms with Gasteiger partial charge in [0.2, 0.25) is 5.88 Å². The number of nitrogens with zero attached hydrogens (tertiary/aromatic N) is 3. The van der Waals surface area contributed by atoms with Crippen molar-refractivity contribution >= 4 is 21.7 Å². The van der Waals surface area contributed by atoms with E-state index in [1.807, 2.05) is 24.3 Å². The first-order valence-corrected chi connectivity index (χ1v) is 12.8. The average Bonchev–Trinajstić information content (AvgIpc) is 3.28. The van der Waals surface area contributed by atoms with Gasteiger partial charge in [-0.15, -0.1) is 0 Å². The van der Waals surface area contributed by atoms with Gasteiger partial charge in [-0.3, -0.25) is 14.1 Å². The summed E-state index contributed by atoms with van der Waals surface area (Å²) in [5, 5.41) is 9.23. The molecule has 0 amide bonds. The Kier molecular flexibility index (Phi) is 6.39. The third-order valence-corrected chi connectivity index (χ3v) is 7.89. The van der Waals surface area contributed by atoms with E-state index in [0.717, 1.165) is 16.7 Å². The smallest absolute Gasteiger partial charge is 0.303 e. The zero-order valence-corrected chi connectivity index (χ0v) is 20.0. The number of anilines is 1. The molecule has 1 atom stereocenters. The van der Waals surface area contributed by atoms with Crippen molar-refractivity contribution < 1.29 is 23.1 Å². The zero-order valence-electron chi connectivity index (χ0n) is 19.2. The number of benzene rings is 2. The molecule has 2 aromatic heterocycles. The molecular formula is C27H23N3O5S. The van der Waals surface area contributed by atoms with Crippen molar-refractivity contribution in [1.29, 1.82) is 0 Å². The molecular weight excluding hydrogens is 478 g/mol. The van der Waals surface area contributed by atoms with Crippen LogP contribution in [0.5, 0.6) is 11.6 Å². The number of pyridine rings is 2. The molecule has 5 rings (SSSR count). The molecule has 0 saturated carbocycles. The highest BCUT2D eigenvalue weighted by molar-refractivity contribution is 7.92. The largest absolute Gasteiger partial charge is 0.481 e. The van der Waals surface area contributed by atoms with E-state index in [4.69, 9.17) is 4.74 Å². The number of aromatic nitrogens is 2. The SMILES string of the molecule is O=C(O)CCC1CN(S(=O)(=O)c2ccc(Oc3ccccn3)cc2)c2ccc(-c3cccnc3)cc21. The quantitative estimate of drug-likeness (QED) is 0.358. The summed E-state index contributed by atoms with van der Waals surface area (Å²) in [6.45, 7) is 0.174. The number of aliphatic carboxylic acids is 1. The van der Waals surface area contributed by atoms with Gasteiger partial charge < -0.3 is 9.84 Å². The van der Waals surface area contributed by atoms with E-state index in [1.54, 1.807) is 55.0 Å². The van der Waals surface area contributed by atoms with Gasteiger partial charge in [-0.1, -0.05) is 18.2 Å². The van der Waals surface area contributed by atoms with Crippen molar-refractivity contribution in [3.63, 3.8) is 0 Å². The molecule has 1 unspecified atom stereocenters. The minimum Gasteiger partial charge on any atom is -0.481 e. The summed E-state index contributed by atoms with van der Waals surface area (Å²) >= 11 is 0. The Morgan fingerprint density at radius 1 is 1.00 bits per heavy atom. The van der Waals surface area contributed by atoms with Crippen molar-refractivity contribution in [1.82, 2.24) is 9.97 Å². The standard InChI is InChI=1S/C27H23N3O5S/c31-27(32)13-7-21-18-30(25-12-6-19(16-24(21)25)20-4-3-14-28-17-20)36(33,34)23-10-8-22(9-11-23)35-26-5-1-2-15-29-26/h1-6,8-12,14-17,21H,7,13,18H2,(H,31,32). The van der Waals surface area contributed by atoms with E-state index in [1.165, 1.54) is 16.4 Å². The molecule has 0 saturated heterocycles. The first-order chi connectivity index (χ1) is 17.4. The van der Waals surface area contributed by atoms with Crippen LogP contribution in [-0.2, 0) is 14.8 Å². The molecule has 2 aromatic carbocycles. The van der Waals surface area contributed by atoms with Crippen molar-refractivity contribution in [2.45, 2.75) is 23.7 Å². The Hall–Kier alpha value is -4.24. The van der Waals surface area contributed by atoms with Crippen molar-refractivity contribution in [2.75, 3.05) is 10.8 Å². The van der Waals surface area contributed by atoms with Gasteiger partial charge in [0.25, 0.3) is 10.0 Å². The lowest BCUT2D eigenvalue weighted by Crippen LogP contribution is -2.30. The van der Waals surface area contributed by atoms with Crippen molar-refractivity contribution in [2.24, 2.45) is 0 Å². The lowest BCUT2D eigenvalue weighted by molar-refractivity contribution is -0.137. The lowest BCUT2D eigenvalue weighted by atomic mass is 9.93. The number of fused-ring (bicyclic) bond motifs is 1. The Balaban J connectivity index is 1.46. The third kappa shape index (κ3) is 4.78. The monoisotopic (exact) mass is 501 g/mol. The van der Waals surface area contributed by atoms with Crippen molar-refractivity contribution in [3.05, 3.63) is 97.0 Å². The average molecular weight is 502 g/mol. The van der Waals surface area contributed by atoms with Gasteiger partial charge in [0, 0.05) is 43.5 Å². The summed E-state index contributed by atoms with van der Waals surface area (Å²) < 4.78 is 34.3. The van der Waals surface area contributed by atoms with Gasteiger partial charge in [-0.05, 0) is 71.6 Å². The molecule has 0 fully saturated rings. The Morgan fingerprint density at radius 2 is 1.83 bits per heavy atom. The van der Waals surface area contributed by atoms with Crippen LogP contribution in [0.2, 0.25) is 0 Å². The van der Waals surface area contributed by atoms with Crippen LogP contribution < -0.4 is 9.04 Å². The molecule has 1 N–H and O–H groups in total. The van der Waals surface area contributed by atoms with E-state index < -0.39 is 16.0 Å². The van der Waals surface area contributed by atoms with Gasteiger partial charge >= 0.3 is 5.97 Å². The van der Waals surface area contributed by atoms with E-state index in [2.05, 4.69) is 9.97 Å². The second kappa shape index (κ2) is 9.79. The molecule has 182 valence electrons. The highest BCUT2D eigenvalue weighted by atomic mass is 32.2. The summed E-state index contributed by atoms with van der Waals surface area (Å²) in [4.78, 5) is 19.7. The Labute approximate surface area is 208 Å². The summed E-state index contributed by atoms with van der Waals surface area (Å²) in [5.74, 6) is -0.277. The lowest BCUT2D eigenvalue weighted by Gasteiger charge is -2.20. The Bertz CT molecular complexity index is 1480. The van der Waals surface area contributed by atoms with Crippen LogP contribution in [0.15, 0.2) is 96.3 Å². The highest BCUT2D eigenvalue weighted by Crippen LogP contribution is 2.43. The van der Waals surface area contributed by atoms with E-state index in [9.17, 15) is 18.3 Å². The fourth-order valence-electron chi connectivity index (χ4n) is 4.33. The van der Waals surface area contributed by atoms with Crippen LogP contribution in [0.25, 0.3) is 11.1 Å². The molecule has 36 heavy (non-hydrogen) atoms. The minimum absolute atomic E-state index is 0.0470. The minimum atomic E-state index is -3.89. The van der Waals surface area contributed by atoms with Crippen LogP contribution in [0.4, 0.5) is 5.69 Å². The van der Waals surface area contributed by atoms with Crippen LogP contribution in [0, 0.1) is 0 Å². The summed E-state index contributed by atoms with van der Waals surface area (Å²) in [7, 11) is -3.89. The molecule has 1 aliphatic rings. The number of sulfonamides is 1. The van der Waals surface area contributed by atoms with Crippen LogP contribution in [-0.4, -0.2) is 36.0 Å². The maximum Gasteiger partial charge on any atom is 0.303 e. The molecule has 3 heterocycles. The zero-order chi connectivity index (χ0) is 25.1. The molecule has 0 radical (unpaired) electrons. The topological polar surface area (TPSA) is 110 Å². The van der Waals surface area contributed by atoms with Gasteiger partial charge in [0.15, 0.2) is 0 Å². The Morgan fingerprint density at radius 3 is 2.53 bits per heavy atom. The molecule has 9 heteroatoms. The van der Waals surface area contributed by atoms with E-state index in [-0.39, 0.29) is 23.8 Å². The van der Waals surface area contributed by atoms with Crippen LogP contribution in [0.1, 0.15) is 24.3 Å². The normalized spacial score (nSPS) is 14.9. The summed E-state index contributed by atoms with van der Waals surface area (Å²) in [6.07, 6.45) is 5.33. The molecule has 0 aliphatic carbocycles. The predicted molar refractivity (Wildman–Crippen MR) is 135 cm³/mol. The number of rotatable bonds is 8. The van der Waals surface area contributed by atoms with Gasteiger partial charge in [0.05, 0.1) is 10.6 Å². The number of carboxylic acid groups (broad SMARTS) is 1. The molecule has 1 aliphatic heterocycles. The second-order valence-corrected chi connectivity index (χ2v) is 10.3. The molecule has 4 aromatic rings.